The van der Waals surface area contributed by atoms with Gasteiger partial charge in [0.25, 0.3) is 0 Å². The Hall–Kier alpha value is -3.12. The Morgan fingerprint density at radius 3 is 2.67 bits per heavy atom. The minimum absolute atomic E-state index is 0.161. The second-order valence-corrected chi connectivity index (χ2v) is 7.67. The number of aryl methyl sites for hydroxylation is 2. The highest BCUT2D eigenvalue weighted by atomic mass is 19.1. The van der Waals surface area contributed by atoms with Crippen LogP contribution in [0.5, 0.6) is 0 Å². The lowest BCUT2D eigenvalue weighted by atomic mass is 9.91. The number of rotatable bonds is 5. The minimum atomic E-state index is -1.05. The lowest BCUT2D eigenvalue weighted by Gasteiger charge is -2.23. The molecule has 3 aromatic rings. The first-order valence-corrected chi connectivity index (χ1v) is 10.2. The van der Waals surface area contributed by atoms with Crippen LogP contribution < -0.4 is 5.32 Å². The van der Waals surface area contributed by atoms with Gasteiger partial charge in [-0.2, -0.15) is 0 Å². The summed E-state index contributed by atoms with van der Waals surface area (Å²) >= 11 is 0. The molecule has 0 bridgehead atoms. The first-order chi connectivity index (χ1) is 14.5. The van der Waals surface area contributed by atoms with E-state index >= 15 is 0 Å². The van der Waals surface area contributed by atoms with E-state index in [-0.39, 0.29) is 29.2 Å². The van der Waals surface area contributed by atoms with Crippen molar-refractivity contribution in [2.45, 2.75) is 39.2 Å². The summed E-state index contributed by atoms with van der Waals surface area (Å²) in [7, 11) is 0. The Balaban J connectivity index is 1.84. The van der Waals surface area contributed by atoms with Crippen LogP contribution >= 0.6 is 0 Å². The monoisotopic (exact) mass is 405 g/mol. The molecule has 2 aromatic carbocycles. The third kappa shape index (κ3) is 3.83. The molecule has 0 saturated carbocycles. The van der Waals surface area contributed by atoms with Gasteiger partial charge >= 0.3 is 0 Å². The van der Waals surface area contributed by atoms with Crippen LogP contribution in [-0.4, -0.2) is 21.0 Å². The van der Waals surface area contributed by atoms with Gasteiger partial charge in [0.2, 0.25) is 5.91 Å². The molecule has 1 heterocycles. The van der Waals surface area contributed by atoms with Gasteiger partial charge in [-0.05, 0) is 48.6 Å². The molecule has 1 amide bonds. The number of aromatic nitrogens is 2. The number of carbonyl (C=O) groups excluding carboxylic acids is 1. The molecule has 154 valence electrons. The highest BCUT2D eigenvalue weighted by Gasteiger charge is 2.27. The van der Waals surface area contributed by atoms with Crippen molar-refractivity contribution in [3.05, 3.63) is 76.9 Å². The van der Waals surface area contributed by atoms with Crippen molar-refractivity contribution in [1.29, 1.82) is 0 Å². The van der Waals surface area contributed by atoms with Crippen LogP contribution in [0.3, 0.4) is 0 Å². The van der Waals surface area contributed by atoms with E-state index in [2.05, 4.69) is 10.3 Å². The first kappa shape index (κ1) is 20.2. The number of nitrogens with one attached hydrogen (secondary N) is 1. The van der Waals surface area contributed by atoms with E-state index in [1.807, 2.05) is 32.0 Å². The van der Waals surface area contributed by atoms with Gasteiger partial charge in [0, 0.05) is 11.5 Å². The third-order valence-electron chi connectivity index (χ3n) is 5.62. The Kier molecular flexibility index (Phi) is 5.59. The molecule has 1 aromatic heterocycles. The van der Waals surface area contributed by atoms with Crippen molar-refractivity contribution in [1.82, 2.24) is 9.97 Å². The van der Waals surface area contributed by atoms with Crippen LogP contribution in [0.15, 0.2) is 48.5 Å². The Morgan fingerprint density at radius 1 is 1.17 bits per heavy atom. The summed E-state index contributed by atoms with van der Waals surface area (Å²) in [5.74, 6) is -0.354. The topological polar surface area (TPSA) is 75.1 Å². The summed E-state index contributed by atoms with van der Waals surface area (Å²) in [6.07, 6.45) is 0.877. The summed E-state index contributed by atoms with van der Waals surface area (Å²) in [5, 5.41) is 13.9. The number of aliphatic hydroxyl groups is 1. The Labute approximate surface area is 175 Å². The van der Waals surface area contributed by atoms with E-state index < -0.39 is 6.10 Å². The van der Waals surface area contributed by atoms with Crippen LogP contribution in [0.1, 0.15) is 48.9 Å². The summed E-state index contributed by atoms with van der Waals surface area (Å²) in [6.45, 7) is 3.79. The molecule has 0 spiro atoms. The van der Waals surface area contributed by atoms with Crippen molar-refractivity contribution >= 4 is 11.7 Å². The molecule has 0 aliphatic heterocycles. The molecular weight excluding hydrogens is 381 g/mol. The highest BCUT2D eigenvalue weighted by Crippen LogP contribution is 2.35. The molecule has 2 unspecified atom stereocenters. The van der Waals surface area contributed by atoms with Gasteiger partial charge in [0.05, 0.1) is 11.4 Å². The van der Waals surface area contributed by atoms with Crippen LogP contribution in [0.25, 0.3) is 11.3 Å². The number of hydrogen-bond donors (Lipinski definition) is 2. The standard InChI is InChI=1S/C24H24FN3O2/c1-3-14(2)24(30)28-23-21(22(29)15-7-5-4-6-8-15)27-20-18-11-10-17(25)13-16(18)9-12-19(20)26-23/h4-8,10-11,13-14,22,29H,3,9,12H2,1-2H3,(H,26,28,30). The Bertz CT molecular complexity index is 1090. The van der Waals surface area contributed by atoms with Gasteiger partial charge in [-0.1, -0.05) is 44.2 Å². The molecule has 30 heavy (non-hydrogen) atoms. The largest absolute Gasteiger partial charge is 0.382 e. The number of hydrogen-bond acceptors (Lipinski definition) is 4. The zero-order valence-electron chi connectivity index (χ0n) is 17.0. The number of fused-ring (bicyclic) bond motifs is 3. The molecule has 0 saturated heterocycles. The normalized spacial score (nSPS) is 14.4. The number of nitrogens with zero attached hydrogens (tertiary/aromatic N) is 2. The molecule has 5 nitrogen and oxygen atoms in total. The molecule has 1 aliphatic rings. The van der Waals surface area contributed by atoms with E-state index in [1.165, 1.54) is 12.1 Å². The Morgan fingerprint density at radius 2 is 1.93 bits per heavy atom. The predicted molar refractivity (Wildman–Crippen MR) is 113 cm³/mol. The molecule has 2 N–H and O–H groups in total. The fourth-order valence-electron chi connectivity index (χ4n) is 3.63. The average Bonchev–Trinajstić information content (AvgIpc) is 2.77. The number of amides is 1. The predicted octanol–water partition coefficient (Wildman–Crippen LogP) is 4.45. The van der Waals surface area contributed by atoms with Crippen LogP contribution in [0, 0.1) is 11.7 Å². The maximum absolute atomic E-state index is 13.7. The molecule has 0 fully saturated rings. The first-order valence-electron chi connectivity index (χ1n) is 10.2. The number of benzene rings is 2. The van der Waals surface area contributed by atoms with Gasteiger partial charge in [-0.3, -0.25) is 4.79 Å². The van der Waals surface area contributed by atoms with Crippen molar-refractivity contribution in [3.8, 4) is 11.3 Å². The zero-order chi connectivity index (χ0) is 21.3. The summed E-state index contributed by atoms with van der Waals surface area (Å²) < 4.78 is 13.7. The second-order valence-electron chi connectivity index (χ2n) is 7.67. The van der Waals surface area contributed by atoms with E-state index in [1.54, 1.807) is 18.2 Å². The SMILES string of the molecule is CCC(C)C(=O)Nc1nc2c(nc1C(O)c1ccccc1)-c1ccc(F)cc1CC2. The molecule has 2 atom stereocenters. The summed E-state index contributed by atoms with van der Waals surface area (Å²) in [4.78, 5) is 22.0. The van der Waals surface area contributed by atoms with Crippen molar-refractivity contribution in [2.75, 3.05) is 5.32 Å². The van der Waals surface area contributed by atoms with E-state index in [0.717, 1.165) is 16.8 Å². The minimum Gasteiger partial charge on any atom is -0.382 e. The van der Waals surface area contributed by atoms with Crippen molar-refractivity contribution in [3.63, 3.8) is 0 Å². The third-order valence-corrected chi connectivity index (χ3v) is 5.62. The molecule has 1 aliphatic carbocycles. The average molecular weight is 405 g/mol. The maximum atomic E-state index is 13.7. The van der Waals surface area contributed by atoms with Gasteiger partial charge in [-0.25, -0.2) is 14.4 Å². The van der Waals surface area contributed by atoms with Crippen LogP contribution in [-0.2, 0) is 17.6 Å². The summed E-state index contributed by atoms with van der Waals surface area (Å²) in [6, 6.07) is 13.8. The van der Waals surface area contributed by atoms with Gasteiger partial charge in [0.15, 0.2) is 5.82 Å². The molecule has 4 rings (SSSR count). The van der Waals surface area contributed by atoms with Crippen molar-refractivity contribution in [2.24, 2.45) is 5.92 Å². The van der Waals surface area contributed by atoms with Gasteiger partial charge in [0.1, 0.15) is 17.6 Å². The van der Waals surface area contributed by atoms with E-state index in [9.17, 15) is 14.3 Å². The number of carbonyl (C=O) groups is 1. The second kappa shape index (κ2) is 8.32. The lowest BCUT2D eigenvalue weighted by molar-refractivity contribution is -0.119. The number of aliphatic hydroxyl groups excluding tert-OH is 1. The smallest absolute Gasteiger partial charge is 0.228 e. The van der Waals surface area contributed by atoms with Crippen molar-refractivity contribution < 1.29 is 14.3 Å². The number of halogens is 1. The zero-order valence-corrected chi connectivity index (χ0v) is 17.0. The highest BCUT2D eigenvalue weighted by molar-refractivity contribution is 5.92. The van der Waals surface area contributed by atoms with Crippen LogP contribution in [0.2, 0.25) is 0 Å². The van der Waals surface area contributed by atoms with Gasteiger partial charge < -0.3 is 10.4 Å². The fourth-order valence-corrected chi connectivity index (χ4v) is 3.63. The quantitative estimate of drug-likeness (QED) is 0.658. The van der Waals surface area contributed by atoms with E-state index in [0.29, 0.717) is 30.5 Å². The maximum Gasteiger partial charge on any atom is 0.228 e. The molecular formula is C24H24FN3O2. The summed E-state index contributed by atoms with van der Waals surface area (Å²) in [5.41, 5.74) is 3.98. The van der Waals surface area contributed by atoms with E-state index in [4.69, 9.17) is 4.98 Å². The molecule has 0 radical (unpaired) electrons. The fraction of sp³-hybridized carbons (Fsp3) is 0.292. The number of anilines is 1. The molecule has 6 heteroatoms. The van der Waals surface area contributed by atoms with Gasteiger partial charge in [-0.15, -0.1) is 0 Å². The van der Waals surface area contributed by atoms with Crippen LogP contribution in [0.4, 0.5) is 10.2 Å². The lowest BCUT2D eigenvalue weighted by Crippen LogP contribution is -2.24.